The van der Waals surface area contributed by atoms with Gasteiger partial charge >= 0.3 is 5.97 Å². The number of fused-ring (bicyclic) bond motifs is 1. The molecule has 1 fully saturated rings. The molecule has 2 aromatic rings. The maximum atomic E-state index is 11.4. The van der Waals surface area contributed by atoms with Crippen LogP contribution in [0.15, 0.2) is 30.5 Å². The predicted molar refractivity (Wildman–Crippen MR) is 67.4 cm³/mol. The lowest BCUT2D eigenvalue weighted by Crippen LogP contribution is -2.04. The highest BCUT2D eigenvalue weighted by atomic mass is 16.6. The summed E-state index contributed by atoms with van der Waals surface area (Å²) in [5.41, 5.74) is 2.16. The Labute approximate surface area is 105 Å². The van der Waals surface area contributed by atoms with Gasteiger partial charge in [0.1, 0.15) is 0 Å². The number of esters is 1. The van der Waals surface area contributed by atoms with Crippen molar-refractivity contribution < 1.29 is 14.3 Å². The Balaban J connectivity index is 1.99. The summed E-state index contributed by atoms with van der Waals surface area (Å²) in [6.07, 6.45) is 2.67. The standard InChI is InChI=1S/C14H15NO3/c1-17-14(16)6-10-7-15(8-11-9-18-11)13-5-3-2-4-12(10)13/h2-5,7,11H,6,8-9H2,1H3. The maximum absolute atomic E-state index is 11.4. The van der Waals surface area contributed by atoms with E-state index in [0.29, 0.717) is 12.5 Å². The van der Waals surface area contributed by atoms with Gasteiger partial charge in [-0.2, -0.15) is 0 Å². The lowest BCUT2D eigenvalue weighted by Gasteiger charge is -2.01. The molecular weight excluding hydrogens is 230 g/mol. The Bertz CT molecular complexity index is 584. The first-order chi connectivity index (χ1) is 8.78. The maximum Gasteiger partial charge on any atom is 0.310 e. The zero-order valence-corrected chi connectivity index (χ0v) is 10.3. The number of ether oxygens (including phenoxy) is 2. The molecule has 2 heterocycles. The van der Waals surface area contributed by atoms with Gasteiger partial charge in [-0.05, 0) is 11.6 Å². The van der Waals surface area contributed by atoms with Gasteiger partial charge in [-0.1, -0.05) is 18.2 Å². The minimum atomic E-state index is -0.208. The van der Waals surface area contributed by atoms with Crippen molar-refractivity contribution in [3.8, 4) is 0 Å². The Hall–Kier alpha value is -1.81. The van der Waals surface area contributed by atoms with Crippen molar-refractivity contribution >= 4 is 16.9 Å². The van der Waals surface area contributed by atoms with Crippen LogP contribution in [0.1, 0.15) is 5.56 Å². The molecule has 0 saturated carbocycles. The molecule has 4 nitrogen and oxygen atoms in total. The number of epoxide rings is 1. The normalized spacial score (nSPS) is 17.9. The molecule has 0 spiro atoms. The molecule has 0 N–H and O–H groups in total. The largest absolute Gasteiger partial charge is 0.469 e. The van der Waals surface area contributed by atoms with Crippen LogP contribution in [0.25, 0.3) is 10.9 Å². The van der Waals surface area contributed by atoms with Gasteiger partial charge in [0.25, 0.3) is 0 Å². The van der Waals surface area contributed by atoms with Crippen LogP contribution in [-0.4, -0.2) is 30.4 Å². The van der Waals surface area contributed by atoms with Crippen LogP contribution in [-0.2, 0) is 27.2 Å². The first kappa shape index (κ1) is 11.3. The molecule has 1 saturated heterocycles. The quantitative estimate of drug-likeness (QED) is 0.609. The second-order valence-electron chi connectivity index (χ2n) is 4.53. The molecule has 0 radical (unpaired) electrons. The van der Waals surface area contributed by atoms with Crippen LogP contribution in [0.2, 0.25) is 0 Å². The fraction of sp³-hybridized carbons (Fsp3) is 0.357. The molecule has 0 aliphatic carbocycles. The van der Waals surface area contributed by atoms with E-state index in [4.69, 9.17) is 9.47 Å². The summed E-state index contributed by atoms with van der Waals surface area (Å²) < 4.78 is 12.2. The van der Waals surface area contributed by atoms with E-state index in [0.717, 1.165) is 29.6 Å². The van der Waals surface area contributed by atoms with Crippen molar-refractivity contribution in [2.24, 2.45) is 0 Å². The molecule has 1 atom stereocenters. The summed E-state index contributed by atoms with van der Waals surface area (Å²) in [7, 11) is 1.42. The van der Waals surface area contributed by atoms with E-state index < -0.39 is 0 Å². The first-order valence-electron chi connectivity index (χ1n) is 6.03. The number of nitrogens with zero attached hydrogens (tertiary/aromatic N) is 1. The molecular formula is C14H15NO3. The molecule has 94 valence electrons. The fourth-order valence-electron chi connectivity index (χ4n) is 2.24. The van der Waals surface area contributed by atoms with Crippen molar-refractivity contribution in [1.29, 1.82) is 0 Å². The van der Waals surface area contributed by atoms with Crippen molar-refractivity contribution in [3.05, 3.63) is 36.0 Å². The summed E-state index contributed by atoms with van der Waals surface area (Å²) in [6.45, 7) is 1.68. The third-order valence-corrected chi connectivity index (χ3v) is 3.24. The smallest absolute Gasteiger partial charge is 0.310 e. The van der Waals surface area contributed by atoms with E-state index in [2.05, 4.69) is 10.6 Å². The Morgan fingerprint density at radius 2 is 2.28 bits per heavy atom. The molecule has 18 heavy (non-hydrogen) atoms. The van der Waals surface area contributed by atoms with Crippen molar-refractivity contribution in [2.45, 2.75) is 19.1 Å². The zero-order chi connectivity index (χ0) is 12.5. The van der Waals surface area contributed by atoms with Crippen LogP contribution in [0, 0.1) is 0 Å². The van der Waals surface area contributed by atoms with Gasteiger partial charge < -0.3 is 14.0 Å². The Morgan fingerprint density at radius 1 is 1.50 bits per heavy atom. The number of para-hydroxylation sites is 1. The summed E-state index contributed by atoms with van der Waals surface area (Å²) in [6, 6.07) is 8.10. The molecule has 1 aromatic carbocycles. The van der Waals surface area contributed by atoms with E-state index in [1.54, 1.807) is 0 Å². The van der Waals surface area contributed by atoms with E-state index in [-0.39, 0.29) is 5.97 Å². The lowest BCUT2D eigenvalue weighted by molar-refractivity contribution is -0.139. The lowest BCUT2D eigenvalue weighted by atomic mass is 10.1. The monoisotopic (exact) mass is 245 g/mol. The van der Waals surface area contributed by atoms with Gasteiger partial charge in [0.15, 0.2) is 0 Å². The molecule has 3 rings (SSSR count). The Kier molecular flexibility index (Phi) is 2.80. The highest BCUT2D eigenvalue weighted by Gasteiger charge is 2.24. The van der Waals surface area contributed by atoms with Gasteiger partial charge in [-0.25, -0.2) is 0 Å². The Morgan fingerprint density at radius 3 is 3.00 bits per heavy atom. The van der Waals surface area contributed by atoms with Crippen LogP contribution in [0.3, 0.4) is 0 Å². The average Bonchev–Trinajstić information content (AvgIpc) is 3.14. The highest BCUT2D eigenvalue weighted by molar-refractivity contribution is 5.87. The SMILES string of the molecule is COC(=O)Cc1cn(CC2CO2)c2ccccc12. The number of carbonyl (C=O) groups excluding carboxylic acids is 1. The van der Waals surface area contributed by atoms with E-state index in [9.17, 15) is 4.79 Å². The summed E-state index contributed by atoms with van der Waals surface area (Å²) >= 11 is 0. The number of rotatable bonds is 4. The molecule has 1 aliphatic rings. The van der Waals surface area contributed by atoms with Crippen molar-refractivity contribution in [2.75, 3.05) is 13.7 Å². The van der Waals surface area contributed by atoms with Gasteiger partial charge in [0, 0.05) is 17.1 Å². The van der Waals surface area contributed by atoms with Gasteiger partial charge in [-0.3, -0.25) is 4.79 Å². The van der Waals surface area contributed by atoms with Crippen LogP contribution in [0.4, 0.5) is 0 Å². The minimum Gasteiger partial charge on any atom is -0.469 e. The third-order valence-electron chi connectivity index (χ3n) is 3.24. The molecule has 4 heteroatoms. The number of aromatic nitrogens is 1. The second-order valence-corrected chi connectivity index (χ2v) is 4.53. The van der Waals surface area contributed by atoms with Crippen molar-refractivity contribution in [1.82, 2.24) is 4.57 Å². The molecule has 1 aromatic heterocycles. The van der Waals surface area contributed by atoms with Crippen LogP contribution < -0.4 is 0 Å². The van der Waals surface area contributed by atoms with Gasteiger partial charge in [0.05, 0.1) is 32.8 Å². The number of benzene rings is 1. The van der Waals surface area contributed by atoms with Gasteiger partial charge in [-0.15, -0.1) is 0 Å². The topological polar surface area (TPSA) is 43.8 Å². The average molecular weight is 245 g/mol. The second kappa shape index (κ2) is 4.46. The first-order valence-corrected chi connectivity index (χ1v) is 6.03. The summed E-state index contributed by atoms with van der Waals surface area (Å²) in [5, 5.41) is 1.11. The van der Waals surface area contributed by atoms with E-state index in [1.165, 1.54) is 7.11 Å². The number of carbonyl (C=O) groups is 1. The summed E-state index contributed by atoms with van der Waals surface area (Å²) in [5.74, 6) is -0.208. The molecule has 0 bridgehead atoms. The predicted octanol–water partition coefficient (Wildman–Crippen LogP) is 1.76. The van der Waals surface area contributed by atoms with E-state index >= 15 is 0 Å². The minimum absolute atomic E-state index is 0.208. The third kappa shape index (κ3) is 2.11. The molecule has 0 amide bonds. The number of hydrogen-bond acceptors (Lipinski definition) is 3. The van der Waals surface area contributed by atoms with Gasteiger partial charge in [0.2, 0.25) is 0 Å². The fourth-order valence-corrected chi connectivity index (χ4v) is 2.24. The van der Waals surface area contributed by atoms with Crippen molar-refractivity contribution in [3.63, 3.8) is 0 Å². The summed E-state index contributed by atoms with van der Waals surface area (Å²) in [4.78, 5) is 11.4. The highest BCUT2D eigenvalue weighted by Crippen LogP contribution is 2.24. The number of methoxy groups -OCH3 is 1. The molecule has 1 unspecified atom stereocenters. The van der Waals surface area contributed by atoms with Crippen LogP contribution >= 0.6 is 0 Å². The number of hydrogen-bond donors (Lipinski definition) is 0. The zero-order valence-electron chi connectivity index (χ0n) is 10.3. The molecule has 1 aliphatic heterocycles. The van der Waals surface area contributed by atoms with Crippen LogP contribution in [0.5, 0.6) is 0 Å². The van der Waals surface area contributed by atoms with E-state index in [1.807, 2.05) is 24.4 Å².